The topological polar surface area (TPSA) is 146 Å². The van der Waals surface area contributed by atoms with Gasteiger partial charge in [-0.3, -0.25) is 9.59 Å². The molecule has 6 aliphatic rings. The summed E-state index contributed by atoms with van der Waals surface area (Å²) >= 11 is 5.95. The molecule has 0 amide bonds. The fourth-order valence-corrected chi connectivity index (χ4v) is 13.1. The van der Waals surface area contributed by atoms with Gasteiger partial charge < -0.3 is 29.9 Å². The van der Waals surface area contributed by atoms with Crippen molar-refractivity contribution in [2.24, 2.45) is 44.8 Å². The van der Waals surface area contributed by atoms with Gasteiger partial charge in [-0.1, -0.05) is 27.7 Å². The highest BCUT2D eigenvalue weighted by Crippen LogP contribution is 2.89. The number of aliphatic hydroxyl groups excluding tert-OH is 2. The van der Waals surface area contributed by atoms with Crippen LogP contribution in [0.15, 0.2) is 0 Å². The Morgan fingerprint density at radius 2 is 1.69 bits per heavy atom. The lowest BCUT2D eigenvalue weighted by Gasteiger charge is -2.64. The van der Waals surface area contributed by atoms with Crippen LogP contribution >= 0.6 is 11.8 Å². The first-order valence-electron chi connectivity index (χ1n) is 17.3. The molecule has 9 nitrogen and oxygen atoms in total. The van der Waals surface area contributed by atoms with Gasteiger partial charge in [-0.15, -0.1) is 0 Å². The minimum Gasteiger partial charge on any atom is -0.481 e. The van der Waals surface area contributed by atoms with Crippen LogP contribution in [0.2, 0.25) is 0 Å². The van der Waals surface area contributed by atoms with E-state index in [1.807, 2.05) is 0 Å². The van der Waals surface area contributed by atoms with E-state index < -0.39 is 52.9 Å². The molecule has 0 aromatic carbocycles. The lowest BCUT2D eigenvalue weighted by Crippen LogP contribution is -2.63. The summed E-state index contributed by atoms with van der Waals surface area (Å²) in [5.74, 6) is -1.50. The summed E-state index contributed by atoms with van der Waals surface area (Å²) in [4.78, 5) is 27.3. The number of carbonyl (C=O) groups is 2. The maximum absolute atomic E-state index is 13.6. The van der Waals surface area contributed by atoms with E-state index in [9.17, 15) is 30.0 Å². The third-order valence-electron chi connectivity index (χ3n) is 15.1. The molecule has 1 saturated heterocycles. The number of halogens is 1. The largest absolute Gasteiger partial charge is 0.481 e. The predicted molar refractivity (Wildman–Crippen MR) is 168 cm³/mol. The lowest BCUT2D eigenvalue weighted by atomic mass is 9.41. The van der Waals surface area contributed by atoms with Crippen molar-refractivity contribution in [3.8, 4) is 0 Å². The smallest absolute Gasteiger partial charge is 0.324 e. The highest BCUT2D eigenvalue weighted by molar-refractivity contribution is 6.14. The van der Waals surface area contributed by atoms with E-state index in [-0.39, 0.29) is 58.4 Å². The molecule has 1 heterocycles. The van der Waals surface area contributed by atoms with Gasteiger partial charge in [0.25, 0.3) is 0 Å². The first kappa shape index (κ1) is 33.9. The Morgan fingerprint density at radius 1 is 1.00 bits per heavy atom. The summed E-state index contributed by atoms with van der Waals surface area (Å²) in [5.41, 5.74) is -2.49. The molecule has 13 atom stereocenters. The van der Waals surface area contributed by atoms with Crippen LogP contribution in [0.1, 0.15) is 119 Å². The molecule has 0 bridgehead atoms. The van der Waals surface area contributed by atoms with Crippen LogP contribution in [0.5, 0.6) is 0 Å². The van der Waals surface area contributed by atoms with E-state index in [1.54, 1.807) is 13.8 Å². The molecule has 2 spiro atoms. The van der Waals surface area contributed by atoms with Gasteiger partial charge in [0.05, 0.1) is 29.5 Å². The second-order valence-electron chi connectivity index (χ2n) is 17.9. The van der Waals surface area contributed by atoms with Gasteiger partial charge in [-0.2, -0.15) is 0 Å². The van der Waals surface area contributed by atoms with E-state index in [4.69, 9.17) is 21.3 Å². The second-order valence-corrected chi connectivity index (χ2v) is 18.1. The Labute approximate surface area is 273 Å². The van der Waals surface area contributed by atoms with Crippen LogP contribution in [0, 0.1) is 44.8 Å². The number of fused-ring (bicyclic) bond motifs is 2. The van der Waals surface area contributed by atoms with Crippen LogP contribution < -0.4 is 4.84 Å². The maximum Gasteiger partial charge on any atom is 0.324 e. The standard InChI is InChI=1S/C35H56ClNO8/c1-29(2)23(39)10-13-35-18-34(35)15-14-31(5)26(33(7)12-11-24(45-33)30(3,4)43)20(38)17-32(31,6)22(34)16-21(27(29)35)44-28(42)19(37-36)8-9-25(40)41/h19-24,26-27,37-39,43H,8-18H2,1-7H3,(H,40,41)/t19-,20+,21+,22?,23+,24+,26+,27+,31-,32+,33-,34+,35-/m1/s1. The third kappa shape index (κ3) is 4.63. The minimum atomic E-state index is -1.01. The van der Waals surface area contributed by atoms with Crippen LogP contribution in [-0.4, -0.2) is 74.0 Å². The average Bonchev–Trinajstić information content (AvgIpc) is 3.29. The van der Waals surface area contributed by atoms with E-state index >= 15 is 0 Å². The number of carbonyl (C=O) groups excluding carboxylic acids is 1. The highest BCUT2D eigenvalue weighted by atomic mass is 35.5. The average molecular weight is 654 g/mol. The van der Waals surface area contributed by atoms with Crippen molar-refractivity contribution in [2.45, 2.75) is 161 Å². The van der Waals surface area contributed by atoms with Gasteiger partial charge in [0.2, 0.25) is 0 Å². The summed E-state index contributed by atoms with van der Waals surface area (Å²) in [6, 6.07) is -0.950. The number of esters is 1. The molecule has 0 radical (unpaired) electrons. The molecule has 6 fully saturated rings. The van der Waals surface area contributed by atoms with Crippen molar-refractivity contribution in [2.75, 3.05) is 0 Å². The summed E-state index contributed by atoms with van der Waals surface area (Å²) in [6.45, 7) is 14.7. The first-order valence-corrected chi connectivity index (χ1v) is 17.6. The number of hydrogen-bond donors (Lipinski definition) is 5. The molecule has 0 aromatic rings. The van der Waals surface area contributed by atoms with Crippen molar-refractivity contribution in [1.29, 1.82) is 0 Å². The van der Waals surface area contributed by atoms with E-state index in [0.717, 1.165) is 38.5 Å². The summed E-state index contributed by atoms with van der Waals surface area (Å²) in [6.07, 6.45) is 5.46. The summed E-state index contributed by atoms with van der Waals surface area (Å²) < 4.78 is 13.1. The molecular formula is C35H56ClNO8. The Hall–Kier alpha value is -0.970. The zero-order valence-corrected chi connectivity index (χ0v) is 29.0. The molecule has 0 aromatic heterocycles. The van der Waals surface area contributed by atoms with Crippen LogP contribution in [0.4, 0.5) is 0 Å². The number of hydrogen-bond acceptors (Lipinski definition) is 8. The SMILES string of the molecule is CC(C)(O)[C@@H]1CC[C@](C)([C@H]2[C@@H](O)C[C@@]3(C)C4C[C@H](OC(=O)[C@@H](CCC(=O)O)NCl)[C@H]5C(C)(C)[C@@H](O)CC[C@@]56C[C@@]46CC[C@]23C)O1. The molecule has 45 heavy (non-hydrogen) atoms. The molecule has 1 aliphatic heterocycles. The Kier molecular flexibility index (Phi) is 7.92. The number of nitrogens with one attached hydrogen (secondary N) is 1. The Bertz CT molecular complexity index is 1220. The summed E-state index contributed by atoms with van der Waals surface area (Å²) in [5, 5.41) is 43.3. The maximum atomic E-state index is 13.6. The van der Waals surface area contributed by atoms with Gasteiger partial charge in [-0.25, -0.2) is 4.84 Å². The molecule has 5 aliphatic carbocycles. The van der Waals surface area contributed by atoms with Gasteiger partial charge in [0.1, 0.15) is 12.1 Å². The second kappa shape index (κ2) is 10.5. The number of aliphatic carboxylic acids is 1. The predicted octanol–water partition coefficient (Wildman–Crippen LogP) is 4.96. The normalized spacial score (nSPS) is 50.5. The van der Waals surface area contributed by atoms with Crippen molar-refractivity contribution in [3.63, 3.8) is 0 Å². The number of rotatable bonds is 8. The van der Waals surface area contributed by atoms with Crippen LogP contribution in [-0.2, 0) is 19.1 Å². The fourth-order valence-electron chi connectivity index (χ4n) is 12.9. The van der Waals surface area contributed by atoms with Crippen LogP contribution in [0.3, 0.4) is 0 Å². The lowest BCUT2D eigenvalue weighted by molar-refractivity contribution is -0.221. The van der Waals surface area contributed by atoms with E-state index in [2.05, 4.69) is 39.5 Å². The van der Waals surface area contributed by atoms with E-state index in [1.165, 1.54) is 0 Å². The number of ether oxygens (including phenoxy) is 2. The zero-order chi connectivity index (χ0) is 33.2. The van der Waals surface area contributed by atoms with Crippen molar-refractivity contribution in [1.82, 2.24) is 4.84 Å². The van der Waals surface area contributed by atoms with Crippen molar-refractivity contribution in [3.05, 3.63) is 0 Å². The van der Waals surface area contributed by atoms with Gasteiger partial charge in [0, 0.05) is 18.3 Å². The van der Waals surface area contributed by atoms with Crippen molar-refractivity contribution >= 4 is 23.7 Å². The van der Waals surface area contributed by atoms with Gasteiger partial charge >= 0.3 is 11.9 Å². The molecule has 256 valence electrons. The fraction of sp³-hybridized carbons (Fsp3) is 0.943. The third-order valence-corrected chi connectivity index (χ3v) is 15.3. The van der Waals surface area contributed by atoms with E-state index in [0.29, 0.717) is 19.3 Å². The quantitative estimate of drug-likeness (QED) is 0.181. The van der Waals surface area contributed by atoms with Gasteiger partial charge in [-0.05, 0) is 130 Å². The number of carboxylic acid groups (broad SMARTS) is 1. The molecule has 10 heteroatoms. The monoisotopic (exact) mass is 653 g/mol. The Balaban J connectivity index is 1.36. The molecule has 1 unspecified atom stereocenters. The van der Waals surface area contributed by atoms with Crippen LogP contribution in [0.25, 0.3) is 0 Å². The zero-order valence-electron chi connectivity index (χ0n) is 28.2. The molecule has 5 saturated carbocycles. The molecular weight excluding hydrogens is 598 g/mol. The summed E-state index contributed by atoms with van der Waals surface area (Å²) in [7, 11) is 0. The van der Waals surface area contributed by atoms with Crippen molar-refractivity contribution < 1.29 is 39.5 Å². The highest BCUT2D eigenvalue weighted by Gasteiger charge is 2.85. The number of carboxylic acids is 1. The van der Waals surface area contributed by atoms with Gasteiger partial charge in [0.15, 0.2) is 0 Å². The minimum absolute atomic E-state index is 0.0213. The Morgan fingerprint density at radius 3 is 2.29 bits per heavy atom. The molecule has 5 N–H and O–H groups in total. The first-order chi connectivity index (χ1) is 20.7. The molecule has 6 rings (SSSR count). The number of aliphatic hydroxyl groups is 3.